The molecule has 5 rings (SSSR count). The molecule has 0 atom stereocenters. The van der Waals surface area contributed by atoms with Crippen LogP contribution in [-0.4, -0.2) is 69.5 Å². The fourth-order valence-corrected chi connectivity index (χ4v) is 4.76. The van der Waals surface area contributed by atoms with Crippen molar-refractivity contribution < 1.29 is 18.6 Å². The lowest BCUT2D eigenvalue weighted by Gasteiger charge is -2.43. The molecule has 3 aliphatic heterocycles. The summed E-state index contributed by atoms with van der Waals surface area (Å²) in [6.45, 7) is 13.5. The summed E-state index contributed by atoms with van der Waals surface area (Å²) in [7, 11) is 1.70. The van der Waals surface area contributed by atoms with Crippen LogP contribution in [0.15, 0.2) is 55.6 Å². The Hall–Kier alpha value is -2.45. The maximum atomic E-state index is 13.2. The van der Waals surface area contributed by atoms with Gasteiger partial charge in [-0.25, -0.2) is 4.39 Å². The van der Waals surface area contributed by atoms with Crippen molar-refractivity contribution in [3.05, 3.63) is 72.6 Å². The lowest BCUT2D eigenvalue weighted by Crippen LogP contribution is -2.54. The molecule has 0 N–H and O–H groups in total. The van der Waals surface area contributed by atoms with E-state index < -0.39 is 5.79 Å². The van der Waals surface area contributed by atoms with E-state index in [1.807, 2.05) is 18.2 Å². The minimum atomic E-state index is -0.671. The topological polar surface area (TPSA) is 37.4 Å². The molecule has 0 unspecified atom stereocenters. The van der Waals surface area contributed by atoms with Gasteiger partial charge in [0.2, 0.25) is 5.79 Å². The van der Waals surface area contributed by atoms with Gasteiger partial charge >= 0.3 is 0 Å². The van der Waals surface area contributed by atoms with Crippen LogP contribution < -0.4 is 9.64 Å². The number of rotatable bonds is 4. The molecule has 0 aliphatic carbocycles. The minimum absolute atomic E-state index is 0.190. The molecule has 0 saturated carbocycles. The molecular formula is C25H32FN3O3. The van der Waals surface area contributed by atoms with Crippen LogP contribution in [0.5, 0.6) is 5.75 Å². The highest BCUT2D eigenvalue weighted by atomic mass is 19.1. The van der Waals surface area contributed by atoms with Gasteiger partial charge in [0, 0.05) is 44.0 Å². The molecule has 3 heterocycles. The standard InChI is InChI=1S/C23H28FN3O3.C2H4/c1-28-21-6-7-22-18(14-21)15-26(16-23(22)29-12-13-30-23)17-25-8-10-27(11-9-25)20-4-2-19(24)3-5-20;1-2/h2-7,14H,8-13,15-17H2,1H3;1-2H2. The van der Waals surface area contributed by atoms with Gasteiger partial charge in [-0.2, -0.15) is 0 Å². The van der Waals surface area contributed by atoms with Crippen LogP contribution in [0.3, 0.4) is 0 Å². The fourth-order valence-electron chi connectivity index (χ4n) is 4.76. The van der Waals surface area contributed by atoms with Gasteiger partial charge < -0.3 is 19.1 Å². The van der Waals surface area contributed by atoms with Crippen molar-refractivity contribution >= 4 is 5.69 Å². The first kappa shape index (κ1) is 22.7. The van der Waals surface area contributed by atoms with E-state index in [1.165, 1.54) is 17.7 Å². The minimum Gasteiger partial charge on any atom is -0.497 e. The Balaban J connectivity index is 0.00000119. The Morgan fingerprint density at radius 1 is 0.969 bits per heavy atom. The second kappa shape index (κ2) is 10.0. The second-order valence-corrected chi connectivity index (χ2v) is 8.18. The lowest BCUT2D eigenvalue weighted by molar-refractivity contribution is -0.191. The van der Waals surface area contributed by atoms with Crippen molar-refractivity contribution in [1.29, 1.82) is 0 Å². The van der Waals surface area contributed by atoms with Crippen LogP contribution in [0.25, 0.3) is 0 Å². The maximum absolute atomic E-state index is 13.2. The number of ether oxygens (including phenoxy) is 3. The molecule has 0 bridgehead atoms. The van der Waals surface area contributed by atoms with E-state index in [0.717, 1.165) is 62.9 Å². The number of methoxy groups -OCH3 is 1. The molecule has 1 spiro atoms. The largest absolute Gasteiger partial charge is 0.497 e. The average Bonchev–Trinajstić information content (AvgIpc) is 3.29. The third-order valence-corrected chi connectivity index (χ3v) is 6.27. The highest BCUT2D eigenvalue weighted by molar-refractivity contribution is 5.46. The molecule has 3 aliphatic rings. The molecule has 0 aromatic heterocycles. The molecule has 0 amide bonds. The van der Waals surface area contributed by atoms with Crippen LogP contribution in [0.1, 0.15) is 11.1 Å². The summed E-state index contributed by atoms with van der Waals surface area (Å²) in [6.07, 6.45) is 0. The Morgan fingerprint density at radius 3 is 2.31 bits per heavy atom. The number of benzene rings is 2. The van der Waals surface area contributed by atoms with Crippen molar-refractivity contribution in [3.63, 3.8) is 0 Å². The van der Waals surface area contributed by atoms with Gasteiger partial charge in [0.05, 0.1) is 33.5 Å². The van der Waals surface area contributed by atoms with E-state index in [9.17, 15) is 4.39 Å². The zero-order valence-corrected chi connectivity index (χ0v) is 18.8. The quantitative estimate of drug-likeness (QED) is 0.677. The first-order chi connectivity index (χ1) is 15.6. The molecule has 32 heavy (non-hydrogen) atoms. The number of anilines is 1. The molecule has 6 nitrogen and oxygen atoms in total. The molecule has 7 heteroatoms. The van der Waals surface area contributed by atoms with E-state index in [-0.39, 0.29) is 5.82 Å². The Kier molecular flexibility index (Phi) is 7.10. The van der Waals surface area contributed by atoms with Gasteiger partial charge in [-0.3, -0.25) is 9.80 Å². The van der Waals surface area contributed by atoms with E-state index in [2.05, 4.69) is 40.0 Å². The molecule has 2 aromatic carbocycles. The molecule has 2 saturated heterocycles. The fraction of sp³-hybridized carbons (Fsp3) is 0.440. The summed E-state index contributed by atoms with van der Waals surface area (Å²) in [4.78, 5) is 7.19. The molecule has 2 aromatic rings. The van der Waals surface area contributed by atoms with Crippen LogP contribution in [0.2, 0.25) is 0 Å². The Labute approximate surface area is 189 Å². The second-order valence-electron chi connectivity index (χ2n) is 8.18. The Morgan fingerprint density at radius 2 is 1.66 bits per heavy atom. The maximum Gasteiger partial charge on any atom is 0.208 e. The van der Waals surface area contributed by atoms with Gasteiger partial charge in [0.15, 0.2) is 0 Å². The third kappa shape index (κ3) is 4.66. The molecule has 0 radical (unpaired) electrons. The zero-order chi connectivity index (χ0) is 22.6. The van der Waals surface area contributed by atoms with Crippen LogP contribution >= 0.6 is 0 Å². The highest BCUT2D eigenvalue weighted by Gasteiger charge is 2.45. The predicted molar refractivity (Wildman–Crippen MR) is 123 cm³/mol. The van der Waals surface area contributed by atoms with E-state index >= 15 is 0 Å². The van der Waals surface area contributed by atoms with Crippen LogP contribution in [0, 0.1) is 5.82 Å². The summed E-state index contributed by atoms with van der Waals surface area (Å²) in [6, 6.07) is 12.9. The summed E-state index contributed by atoms with van der Waals surface area (Å²) < 4.78 is 30.9. The number of nitrogens with zero attached hydrogens (tertiary/aromatic N) is 3. The summed E-state index contributed by atoms with van der Waals surface area (Å²) in [5, 5.41) is 0. The molecule has 172 valence electrons. The SMILES string of the molecule is C=C.COc1ccc2c(c1)CN(CN1CCN(c3ccc(F)cc3)CC1)CC21OCCO1. The summed E-state index contributed by atoms with van der Waals surface area (Å²) >= 11 is 0. The average molecular weight is 442 g/mol. The normalized spacial score (nSPS) is 20.5. The summed E-state index contributed by atoms with van der Waals surface area (Å²) in [5.41, 5.74) is 3.41. The Bertz CT molecular complexity index is 894. The molecule has 2 fully saturated rings. The van der Waals surface area contributed by atoms with Crippen molar-refractivity contribution in [2.24, 2.45) is 0 Å². The third-order valence-electron chi connectivity index (χ3n) is 6.27. The number of piperazine rings is 1. The number of halogens is 1. The van der Waals surface area contributed by atoms with Crippen molar-refractivity contribution in [3.8, 4) is 5.75 Å². The predicted octanol–water partition coefficient (Wildman–Crippen LogP) is 3.43. The van der Waals surface area contributed by atoms with Gasteiger partial charge in [-0.1, -0.05) is 0 Å². The first-order valence-electron chi connectivity index (χ1n) is 11.1. The van der Waals surface area contributed by atoms with Crippen molar-refractivity contribution in [2.75, 3.05) is 64.6 Å². The van der Waals surface area contributed by atoms with E-state index in [1.54, 1.807) is 7.11 Å². The first-order valence-corrected chi connectivity index (χ1v) is 11.1. The number of fused-ring (bicyclic) bond motifs is 2. The monoisotopic (exact) mass is 441 g/mol. The highest BCUT2D eigenvalue weighted by Crippen LogP contribution is 2.40. The van der Waals surface area contributed by atoms with Gasteiger partial charge in [-0.05, 0) is 48.0 Å². The summed E-state index contributed by atoms with van der Waals surface area (Å²) in [5.74, 6) is -0.00294. The van der Waals surface area contributed by atoms with Crippen LogP contribution in [0.4, 0.5) is 10.1 Å². The number of hydrogen-bond donors (Lipinski definition) is 0. The van der Waals surface area contributed by atoms with E-state index in [4.69, 9.17) is 14.2 Å². The van der Waals surface area contributed by atoms with Gasteiger partial charge in [0.1, 0.15) is 11.6 Å². The van der Waals surface area contributed by atoms with E-state index in [0.29, 0.717) is 13.2 Å². The van der Waals surface area contributed by atoms with Gasteiger partial charge in [0.25, 0.3) is 0 Å². The van der Waals surface area contributed by atoms with Crippen molar-refractivity contribution in [1.82, 2.24) is 9.80 Å². The zero-order valence-electron chi connectivity index (χ0n) is 18.8. The number of hydrogen-bond acceptors (Lipinski definition) is 6. The van der Waals surface area contributed by atoms with Crippen molar-refractivity contribution in [2.45, 2.75) is 12.3 Å². The smallest absolute Gasteiger partial charge is 0.208 e. The lowest BCUT2D eigenvalue weighted by atomic mass is 9.94. The molecular weight excluding hydrogens is 409 g/mol. The van der Waals surface area contributed by atoms with Gasteiger partial charge in [-0.15, -0.1) is 13.2 Å². The van der Waals surface area contributed by atoms with Crippen LogP contribution in [-0.2, 0) is 21.8 Å².